The number of fused-ring (bicyclic) bond motifs is 1. The fourth-order valence-electron chi connectivity index (χ4n) is 2.66. The Morgan fingerprint density at radius 1 is 1.50 bits per heavy atom. The molecule has 2 N–H and O–H groups in total. The van der Waals surface area contributed by atoms with Gasteiger partial charge in [-0.1, -0.05) is 31.2 Å². The maximum absolute atomic E-state index is 11.6. The van der Waals surface area contributed by atoms with Crippen molar-refractivity contribution in [2.45, 2.75) is 31.3 Å². The van der Waals surface area contributed by atoms with Gasteiger partial charge < -0.3 is 14.9 Å². The van der Waals surface area contributed by atoms with Gasteiger partial charge in [-0.3, -0.25) is 0 Å². The molecule has 0 heterocycles. The molecule has 0 spiro atoms. The molecule has 0 saturated heterocycles. The van der Waals surface area contributed by atoms with E-state index in [1.54, 1.807) is 0 Å². The summed E-state index contributed by atoms with van der Waals surface area (Å²) in [6, 6.07) is 7.52. The molecule has 1 aromatic rings. The second-order valence-electron chi connectivity index (χ2n) is 4.73. The van der Waals surface area contributed by atoms with Crippen LogP contribution in [0.1, 0.15) is 36.8 Å². The third kappa shape index (κ3) is 2.02. The van der Waals surface area contributed by atoms with E-state index >= 15 is 0 Å². The molecule has 0 radical (unpaired) electrons. The first-order valence-electron chi connectivity index (χ1n) is 6.19. The summed E-state index contributed by atoms with van der Waals surface area (Å²) in [5.41, 5.74) is 0.458. The molecular formula is C14H18O4. The lowest BCUT2D eigenvalue weighted by Crippen LogP contribution is -2.43. The van der Waals surface area contributed by atoms with E-state index in [4.69, 9.17) is 9.84 Å². The molecule has 1 aliphatic carbocycles. The van der Waals surface area contributed by atoms with Gasteiger partial charge >= 0.3 is 5.97 Å². The van der Waals surface area contributed by atoms with Crippen LogP contribution in [0.15, 0.2) is 24.3 Å². The molecule has 0 saturated carbocycles. The Morgan fingerprint density at radius 2 is 2.22 bits per heavy atom. The molecule has 0 aromatic heterocycles. The summed E-state index contributed by atoms with van der Waals surface area (Å²) in [6.45, 7) is 1.96. The lowest BCUT2D eigenvalue weighted by Gasteiger charge is -2.37. The van der Waals surface area contributed by atoms with E-state index < -0.39 is 11.6 Å². The average molecular weight is 250 g/mol. The summed E-state index contributed by atoms with van der Waals surface area (Å²) in [4.78, 5) is 11.6. The molecule has 4 heteroatoms. The van der Waals surface area contributed by atoms with Gasteiger partial charge in [-0.15, -0.1) is 0 Å². The van der Waals surface area contributed by atoms with E-state index in [0.717, 1.165) is 17.5 Å². The molecule has 4 nitrogen and oxygen atoms in total. The highest BCUT2D eigenvalue weighted by atomic mass is 16.5. The SMILES string of the molecule is CC1CCC(OCCO)(C(=O)O)c2ccccc21. The Hall–Kier alpha value is -1.39. The minimum absolute atomic E-state index is 0.0367. The quantitative estimate of drug-likeness (QED) is 0.856. The number of carbonyl (C=O) groups is 1. The predicted octanol–water partition coefficient (Wildman–Crippen LogP) is 1.87. The van der Waals surface area contributed by atoms with Crippen molar-refractivity contribution in [1.29, 1.82) is 0 Å². The first-order valence-corrected chi connectivity index (χ1v) is 6.19. The van der Waals surface area contributed by atoms with E-state index in [2.05, 4.69) is 6.92 Å². The number of rotatable bonds is 4. The molecule has 18 heavy (non-hydrogen) atoms. The minimum Gasteiger partial charge on any atom is -0.479 e. The van der Waals surface area contributed by atoms with E-state index in [1.807, 2.05) is 24.3 Å². The fraction of sp³-hybridized carbons (Fsp3) is 0.500. The Morgan fingerprint density at radius 3 is 2.89 bits per heavy atom. The summed E-state index contributed by atoms with van der Waals surface area (Å²) in [7, 11) is 0. The third-order valence-electron chi connectivity index (χ3n) is 3.64. The van der Waals surface area contributed by atoms with Crippen molar-refractivity contribution in [1.82, 2.24) is 0 Å². The minimum atomic E-state index is -1.30. The van der Waals surface area contributed by atoms with Gasteiger partial charge in [0.15, 0.2) is 5.60 Å². The van der Waals surface area contributed by atoms with E-state index in [0.29, 0.717) is 12.3 Å². The molecule has 2 unspecified atom stereocenters. The number of aliphatic hydroxyl groups is 1. The predicted molar refractivity (Wildman–Crippen MR) is 66.4 cm³/mol. The zero-order valence-electron chi connectivity index (χ0n) is 10.4. The molecule has 0 aliphatic heterocycles. The Bertz CT molecular complexity index is 443. The van der Waals surface area contributed by atoms with Crippen LogP contribution in [0, 0.1) is 0 Å². The third-order valence-corrected chi connectivity index (χ3v) is 3.64. The van der Waals surface area contributed by atoms with Crippen LogP contribution in [0.4, 0.5) is 0 Å². The van der Waals surface area contributed by atoms with E-state index in [-0.39, 0.29) is 13.2 Å². The zero-order valence-corrected chi connectivity index (χ0v) is 10.4. The van der Waals surface area contributed by atoms with Crippen molar-refractivity contribution in [2.75, 3.05) is 13.2 Å². The molecule has 2 rings (SSSR count). The summed E-state index contributed by atoms with van der Waals surface area (Å²) >= 11 is 0. The maximum atomic E-state index is 11.6. The lowest BCUT2D eigenvalue weighted by atomic mass is 9.74. The maximum Gasteiger partial charge on any atom is 0.340 e. The monoisotopic (exact) mass is 250 g/mol. The van der Waals surface area contributed by atoms with Crippen LogP contribution in [0.3, 0.4) is 0 Å². The Labute approximate surface area is 106 Å². The number of hydrogen-bond acceptors (Lipinski definition) is 3. The highest BCUT2D eigenvalue weighted by Crippen LogP contribution is 2.43. The Balaban J connectivity index is 2.48. The van der Waals surface area contributed by atoms with Crippen molar-refractivity contribution < 1.29 is 19.7 Å². The van der Waals surface area contributed by atoms with Gasteiger partial charge in [0.1, 0.15) is 0 Å². The highest BCUT2D eigenvalue weighted by Gasteiger charge is 2.46. The van der Waals surface area contributed by atoms with Gasteiger partial charge in [0.05, 0.1) is 13.2 Å². The standard InChI is InChI=1S/C14H18O4/c1-10-6-7-14(13(16)17,18-9-8-15)12-5-3-2-4-11(10)12/h2-5,10,15H,6-9H2,1H3,(H,16,17). The fourth-order valence-corrected chi connectivity index (χ4v) is 2.66. The number of ether oxygens (including phenoxy) is 1. The van der Waals surface area contributed by atoms with Crippen LogP contribution < -0.4 is 0 Å². The van der Waals surface area contributed by atoms with Crippen LogP contribution in [0.5, 0.6) is 0 Å². The Kier molecular flexibility index (Phi) is 3.68. The van der Waals surface area contributed by atoms with Gasteiger partial charge in [-0.05, 0) is 29.9 Å². The zero-order chi connectivity index (χ0) is 13.2. The molecular weight excluding hydrogens is 232 g/mol. The number of aliphatic hydroxyl groups excluding tert-OH is 1. The topological polar surface area (TPSA) is 66.8 Å². The molecule has 0 amide bonds. The van der Waals surface area contributed by atoms with Crippen molar-refractivity contribution in [3.05, 3.63) is 35.4 Å². The van der Waals surface area contributed by atoms with Crippen LogP contribution in [-0.2, 0) is 15.1 Å². The van der Waals surface area contributed by atoms with Crippen LogP contribution >= 0.6 is 0 Å². The van der Waals surface area contributed by atoms with Crippen molar-refractivity contribution in [2.24, 2.45) is 0 Å². The molecule has 1 aromatic carbocycles. The van der Waals surface area contributed by atoms with Gasteiger partial charge in [0, 0.05) is 0 Å². The van der Waals surface area contributed by atoms with Crippen LogP contribution in [0.2, 0.25) is 0 Å². The molecule has 1 aliphatic rings. The average Bonchev–Trinajstić information content (AvgIpc) is 2.38. The molecule has 2 atom stereocenters. The smallest absolute Gasteiger partial charge is 0.340 e. The second-order valence-corrected chi connectivity index (χ2v) is 4.73. The molecule has 98 valence electrons. The van der Waals surface area contributed by atoms with Gasteiger partial charge in [-0.2, -0.15) is 0 Å². The van der Waals surface area contributed by atoms with Crippen LogP contribution in [0.25, 0.3) is 0 Å². The first-order chi connectivity index (χ1) is 8.62. The summed E-state index contributed by atoms with van der Waals surface area (Å²) in [6.07, 6.45) is 1.22. The normalized spacial score (nSPS) is 26.7. The van der Waals surface area contributed by atoms with Gasteiger partial charge in [0.2, 0.25) is 0 Å². The van der Waals surface area contributed by atoms with E-state index in [1.165, 1.54) is 0 Å². The summed E-state index contributed by atoms with van der Waals surface area (Å²) in [5, 5.41) is 18.4. The van der Waals surface area contributed by atoms with Gasteiger partial charge in [0.25, 0.3) is 0 Å². The van der Waals surface area contributed by atoms with Crippen molar-refractivity contribution in [3.8, 4) is 0 Å². The second kappa shape index (κ2) is 5.08. The number of aliphatic carboxylic acids is 1. The number of benzene rings is 1. The first kappa shape index (κ1) is 13.1. The van der Waals surface area contributed by atoms with Crippen LogP contribution in [-0.4, -0.2) is 29.4 Å². The molecule has 0 fully saturated rings. The number of carboxylic acid groups (broad SMARTS) is 1. The lowest BCUT2D eigenvalue weighted by molar-refractivity contribution is -0.172. The van der Waals surface area contributed by atoms with Gasteiger partial charge in [-0.25, -0.2) is 4.79 Å². The highest BCUT2D eigenvalue weighted by molar-refractivity contribution is 5.80. The summed E-state index contributed by atoms with van der Waals surface area (Å²) < 4.78 is 5.51. The number of carboxylic acids is 1. The largest absolute Gasteiger partial charge is 0.479 e. The molecule has 0 bridgehead atoms. The van der Waals surface area contributed by atoms with Crippen molar-refractivity contribution in [3.63, 3.8) is 0 Å². The van der Waals surface area contributed by atoms with Crippen molar-refractivity contribution >= 4 is 5.97 Å². The number of hydrogen-bond donors (Lipinski definition) is 2. The summed E-state index contributed by atoms with van der Waals surface area (Å²) in [5.74, 6) is -0.637. The van der Waals surface area contributed by atoms with E-state index in [9.17, 15) is 9.90 Å².